The van der Waals surface area contributed by atoms with Crippen LogP contribution in [0.5, 0.6) is 0 Å². The lowest BCUT2D eigenvalue weighted by molar-refractivity contribution is -0.139. The van der Waals surface area contributed by atoms with Gasteiger partial charge in [0, 0.05) is 24.4 Å². The molecule has 2 amide bonds. The van der Waals surface area contributed by atoms with Crippen LogP contribution in [0.3, 0.4) is 0 Å². The van der Waals surface area contributed by atoms with Crippen molar-refractivity contribution in [2.75, 3.05) is 12.3 Å². The Morgan fingerprint density at radius 3 is 2.26 bits per heavy atom. The van der Waals surface area contributed by atoms with Crippen LogP contribution in [-0.2, 0) is 22.6 Å². The number of nitrogens with one attached hydrogen (secondary N) is 1. The van der Waals surface area contributed by atoms with Crippen molar-refractivity contribution >= 4 is 23.6 Å². The van der Waals surface area contributed by atoms with Crippen LogP contribution in [0.25, 0.3) is 0 Å². The molecule has 1 N–H and O–H groups in total. The van der Waals surface area contributed by atoms with Crippen molar-refractivity contribution < 1.29 is 9.59 Å². The zero-order valence-corrected chi connectivity index (χ0v) is 21.1. The van der Waals surface area contributed by atoms with Gasteiger partial charge in [0.1, 0.15) is 6.04 Å². The second-order valence-corrected chi connectivity index (χ2v) is 9.60. The van der Waals surface area contributed by atoms with Gasteiger partial charge in [0.05, 0.1) is 5.75 Å². The number of rotatable bonds is 11. The SMILES string of the molecule is CCCNC(=O)[C@H](Cc1ccccc1)N(Cc1ccccc1C)C(=O)CSc1ccc(C)cc1. The molecule has 0 aromatic heterocycles. The molecule has 0 radical (unpaired) electrons. The highest BCUT2D eigenvalue weighted by Crippen LogP contribution is 2.22. The summed E-state index contributed by atoms with van der Waals surface area (Å²) in [6, 6.07) is 25.6. The average molecular weight is 475 g/mol. The van der Waals surface area contributed by atoms with E-state index in [0.29, 0.717) is 19.5 Å². The summed E-state index contributed by atoms with van der Waals surface area (Å²) >= 11 is 1.51. The maximum atomic E-state index is 13.6. The van der Waals surface area contributed by atoms with Crippen LogP contribution in [0.15, 0.2) is 83.8 Å². The monoisotopic (exact) mass is 474 g/mol. The Labute approximate surface area is 207 Å². The molecule has 3 rings (SSSR count). The van der Waals surface area contributed by atoms with Gasteiger partial charge in [-0.05, 0) is 49.1 Å². The van der Waals surface area contributed by atoms with E-state index in [9.17, 15) is 9.59 Å². The highest BCUT2D eigenvalue weighted by molar-refractivity contribution is 8.00. The molecule has 4 nitrogen and oxygen atoms in total. The Kier molecular flexibility index (Phi) is 9.77. The minimum atomic E-state index is -0.584. The Hall–Kier alpha value is -3.05. The van der Waals surface area contributed by atoms with Gasteiger partial charge in [-0.1, -0.05) is 79.2 Å². The number of carbonyl (C=O) groups excluding carboxylic acids is 2. The molecule has 0 spiro atoms. The van der Waals surface area contributed by atoms with E-state index in [0.717, 1.165) is 28.0 Å². The summed E-state index contributed by atoms with van der Waals surface area (Å²) in [4.78, 5) is 29.8. The summed E-state index contributed by atoms with van der Waals surface area (Å²) < 4.78 is 0. The quantitative estimate of drug-likeness (QED) is 0.370. The molecule has 5 heteroatoms. The number of hydrogen-bond donors (Lipinski definition) is 1. The first-order valence-electron chi connectivity index (χ1n) is 11.8. The largest absolute Gasteiger partial charge is 0.354 e. The van der Waals surface area contributed by atoms with Crippen LogP contribution in [0.2, 0.25) is 0 Å². The number of thioether (sulfide) groups is 1. The Morgan fingerprint density at radius 2 is 1.59 bits per heavy atom. The van der Waals surface area contributed by atoms with E-state index >= 15 is 0 Å². The normalized spacial score (nSPS) is 11.6. The minimum Gasteiger partial charge on any atom is -0.354 e. The van der Waals surface area contributed by atoms with Gasteiger partial charge in [0.25, 0.3) is 0 Å². The third-order valence-electron chi connectivity index (χ3n) is 5.81. The predicted molar refractivity (Wildman–Crippen MR) is 141 cm³/mol. The van der Waals surface area contributed by atoms with Crippen LogP contribution < -0.4 is 5.32 Å². The first-order chi connectivity index (χ1) is 16.5. The van der Waals surface area contributed by atoms with Crippen molar-refractivity contribution in [3.05, 3.63) is 101 Å². The molecule has 1 atom stereocenters. The summed E-state index contributed by atoms with van der Waals surface area (Å²) in [6.07, 6.45) is 1.32. The topological polar surface area (TPSA) is 49.4 Å². The number of benzene rings is 3. The first-order valence-corrected chi connectivity index (χ1v) is 12.8. The smallest absolute Gasteiger partial charge is 0.243 e. The van der Waals surface area contributed by atoms with Crippen LogP contribution in [-0.4, -0.2) is 35.1 Å². The van der Waals surface area contributed by atoms with Crippen molar-refractivity contribution in [3.8, 4) is 0 Å². The molecule has 178 valence electrons. The summed E-state index contributed by atoms with van der Waals surface area (Å²) in [7, 11) is 0. The number of hydrogen-bond acceptors (Lipinski definition) is 3. The lowest BCUT2D eigenvalue weighted by Crippen LogP contribution is -2.51. The van der Waals surface area contributed by atoms with Crippen molar-refractivity contribution in [1.82, 2.24) is 10.2 Å². The van der Waals surface area contributed by atoms with Gasteiger partial charge >= 0.3 is 0 Å². The lowest BCUT2D eigenvalue weighted by atomic mass is 10.0. The second-order valence-electron chi connectivity index (χ2n) is 8.55. The zero-order chi connectivity index (χ0) is 24.3. The van der Waals surface area contributed by atoms with Crippen LogP contribution in [0.4, 0.5) is 0 Å². The molecule has 3 aromatic rings. The van der Waals surface area contributed by atoms with Gasteiger partial charge in [-0.15, -0.1) is 11.8 Å². The van der Waals surface area contributed by atoms with E-state index in [2.05, 4.69) is 5.32 Å². The number of amides is 2. The van der Waals surface area contributed by atoms with Crippen molar-refractivity contribution in [2.24, 2.45) is 0 Å². The number of carbonyl (C=O) groups is 2. The second kappa shape index (κ2) is 13.0. The molecule has 0 fully saturated rings. The lowest BCUT2D eigenvalue weighted by Gasteiger charge is -2.32. The highest BCUT2D eigenvalue weighted by Gasteiger charge is 2.30. The van der Waals surface area contributed by atoms with Crippen LogP contribution in [0.1, 0.15) is 35.6 Å². The Morgan fingerprint density at radius 1 is 0.912 bits per heavy atom. The van der Waals surface area contributed by atoms with Crippen molar-refractivity contribution in [2.45, 2.75) is 51.1 Å². The standard InChI is InChI=1S/C29H34N2O2S/c1-4-18-30-29(33)27(19-24-11-6-5-7-12-24)31(20-25-13-9-8-10-23(25)3)28(32)21-34-26-16-14-22(2)15-17-26/h5-17,27H,4,18-21H2,1-3H3,(H,30,33)/t27-/m0/s1. The van der Waals surface area contributed by atoms with E-state index < -0.39 is 6.04 Å². The fraction of sp³-hybridized carbons (Fsp3) is 0.310. The fourth-order valence-corrected chi connectivity index (χ4v) is 4.54. The van der Waals surface area contributed by atoms with E-state index in [1.54, 1.807) is 4.90 Å². The molecular weight excluding hydrogens is 440 g/mol. The molecule has 0 saturated heterocycles. The number of nitrogens with zero attached hydrogens (tertiary/aromatic N) is 1. The molecule has 0 bridgehead atoms. The Balaban J connectivity index is 1.89. The first kappa shape index (κ1) is 25.6. The Bertz CT molecular complexity index is 1070. The summed E-state index contributed by atoms with van der Waals surface area (Å²) in [5, 5.41) is 3.03. The predicted octanol–water partition coefficient (Wildman–Crippen LogP) is 5.56. The van der Waals surface area contributed by atoms with Crippen LogP contribution in [0, 0.1) is 13.8 Å². The van der Waals surface area contributed by atoms with Crippen LogP contribution >= 0.6 is 11.8 Å². The van der Waals surface area contributed by atoms with E-state index in [1.807, 2.05) is 99.6 Å². The van der Waals surface area contributed by atoms with Gasteiger partial charge in [0.2, 0.25) is 11.8 Å². The van der Waals surface area contributed by atoms with Gasteiger partial charge in [0.15, 0.2) is 0 Å². The molecule has 0 unspecified atom stereocenters. The highest BCUT2D eigenvalue weighted by atomic mass is 32.2. The van der Waals surface area contributed by atoms with E-state index in [1.165, 1.54) is 17.3 Å². The maximum Gasteiger partial charge on any atom is 0.243 e. The minimum absolute atomic E-state index is 0.0404. The molecule has 0 saturated carbocycles. The average Bonchev–Trinajstić information content (AvgIpc) is 2.85. The fourth-order valence-electron chi connectivity index (χ4n) is 3.75. The third-order valence-corrected chi connectivity index (χ3v) is 6.80. The van der Waals surface area contributed by atoms with E-state index in [-0.39, 0.29) is 17.6 Å². The maximum absolute atomic E-state index is 13.6. The molecular formula is C29H34N2O2S. The van der Waals surface area contributed by atoms with Gasteiger partial charge in [-0.25, -0.2) is 0 Å². The molecule has 3 aromatic carbocycles. The molecule has 0 aliphatic carbocycles. The van der Waals surface area contributed by atoms with Gasteiger partial charge in [-0.3, -0.25) is 9.59 Å². The summed E-state index contributed by atoms with van der Waals surface area (Å²) in [6.45, 7) is 7.11. The summed E-state index contributed by atoms with van der Waals surface area (Å²) in [5.74, 6) is 0.135. The molecule has 34 heavy (non-hydrogen) atoms. The molecule has 0 heterocycles. The van der Waals surface area contributed by atoms with Gasteiger partial charge in [-0.2, -0.15) is 0 Å². The molecule has 0 aliphatic rings. The summed E-state index contributed by atoms with van der Waals surface area (Å²) in [5.41, 5.74) is 4.39. The third kappa shape index (κ3) is 7.49. The van der Waals surface area contributed by atoms with E-state index in [4.69, 9.17) is 0 Å². The van der Waals surface area contributed by atoms with Gasteiger partial charge < -0.3 is 10.2 Å². The zero-order valence-electron chi connectivity index (χ0n) is 20.3. The molecule has 0 aliphatic heterocycles. The van der Waals surface area contributed by atoms with Crippen molar-refractivity contribution in [3.63, 3.8) is 0 Å². The number of aryl methyl sites for hydroxylation is 2. The van der Waals surface area contributed by atoms with Crippen molar-refractivity contribution in [1.29, 1.82) is 0 Å².